The number of nitrogens with two attached hydrogens (primary N) is 1. The van der Waals surface area contributed by atoms with E-state index in [1.54, 1.807) is 0 Å². The lowest BCUT2D eigenvalue weighted by molar-refractivity contribution is 0.230. The van der Waals surface area contributed by atoms with Crippen molar-refractivity contribution in [1.29, 1.82) is 0 Å². The van der Waals surface area contributed by atoms with Gasteiger partial charge in [0.05, 0.1) is 5.69 Å². The van der Waals surface area contributed by atoms with Crippen molar-refractivity contribution in [3.05, 3.63) is 17.5 Å². The number of hydrogen-bond donors (Lipinski definition) is 1. The van der Waals surface area contributed by atoms with Crippen LogP contribution in [0.5, 0.6) is 0 Å². The summed E-state index contributed by atoms with van der Waals surface area (Å²) in [7, 11) is 1.99. The monoisotopic (exact) mass is 249 g/mol. The molecule has 3 heteroatoms. The Bertz CT molecular complexity index is 383. The molecular formula is C15H27N3. The van der Waals surface area contributed by atoms with Crippen LogP contribution in [0.3, 0.4) is 0 Å². The molecule has 0 saturated heterocycles. The van der Waals surface area contributed by atoms with Crippen LogP contribution in [0.4, 0.5) is 0 Å². The second-order valence-electron chi connectivity index (χ2n) is 5.79. The maximum Gasteiger partial charge on any atom is 0.0669 e. The van der Waals surface area contributed by atoms with E-state index in [9.17, 15) is 0 Å². The van der Waals surface area contributed by atoms with E-state index in [0.29, 0.717) is 5.92 Å². The van der Waals surface area contributed by atoms with Gasteiger partial charge >= 0.3 is 0 Å². The van der Waals surface area contributed by atoms with Crippen molar-refractivity contribution in [3.8, 4) is 0 Å². The van der Waals surface area contributed by atoms with E-state index in [-0.39, 0.29) is 6.04 Å². The van der Waals surface area contributed by atoms with Gasteiger partial charge in [-0.25, -0.2) is 0 Å². The fourth-order valence-corrected chi connectivity index (χ4v) is 3.39. The van der Waals surface area contributed by atoms with E-state index in [0.717, 1.165) is 12.3 Å². The highest BCUT2D eigenvalue weighted by Gasteiger charge is 2.28. The normalized spacial score (nSPS) is 26.2. The quantitative estimate of drug-likeness (QED) is 0.890. The highest BCUT2D eigenvalue weighted by atomic mass is 15.3. The summed E-state index contributed by atoms with van der Waals surface area (Å²) in [4.78, 5) is 0. The molecule has 1 fully saturated rings. The lowest BCUT2D eigenvalue weighted by Gasteiger charge is -2.32. The number of nitrogens with zero attached hydrogens (tertiary/aromatic N) is 2. The lowest BCUT2D eigenvalue weighted by Crippen LogP contribution is -2.27. The first kappa shape index (κ1) is 13.6. The average molecular weight is 249 g/mol. The van der Waals surface area contributed by atoms with Gasteiger partial charge in [0.25, 0.3) is 0 Å². The van der Waals surface area contributed by atoms with Gasteiger partial charge in [-0.3, -0.25) is 4.68 Å². The third-order valence-electron chi connectivity index (χ3n) is 4.54. The van der Waals surface area contributed by atoms with Gasteiger partial charge in [-0.05, 0) is 31.1 Å². The van der Waals surface area contributed by atoms with E-state index in [1.165, 1.54) is 43.4 Å². The summed E-state index contributed by atoms with van der Waals surface area (Å²) in [5, 5.41) is 4.52. The molecule has 0 spiro atoms. The van der Waals surface area contributed by atoms with E-state index < -0.39 is 0 Å². The molecule has 0 aliphatic heterocycles. The Morgan fingerprint density at radius 1 is 1.44 bits per heavy atom. The molecule has 1 aliphatic carbocycles. The van der Waals surface area contributed by atoms with Crippen LogP contribution in [-0.4, -0.2) is 9.78 Å². The van der Waals surface area contributed by atoms with Crippen molar-refractivity contribution in [2.75, 3.05) is 0 Å². The molecule has 0 bridgehead atoms. The second-order valence-corrected chi connectivity index (χ2v) is 5.79. The van der Waals surface area contributed by atoms with Gasteiger partial charge in [-0.2, -0.15) is 5.10 Å². The minimum Gasteiger partial charge on any atom is -0.324 e. The molecule has 18 heavy (non-hydrogen) atoms. The van der Waals surface area contributed by atoms with Crippen LogP contribution in [0.2, 0.25) is 0 Å². The van der Waals surface area contributed by atoms with E-state index in [4.69, 9.17) is 5.73 Å². The topological polar surface area (TPSA) is 43.8 Å². The third kappa shape index (κ3) is 2.77. The largest absolute Gasteiger partial charge is 0.324 e. The van der Waals surface area contributed by atoms with Crippen molar-refractivity contribution in [2.45, 2.75) is 58.4 Å². The van der Waals surface area contributed by atoms with Gasteiger partial charge < -0.3 is 5.73 Å². The SMILES string of the molecule is CCc1nn(C)cc1C(N)C1CCCC(CC)C1. The summed E-state index contributed by atoms with van der Waals surface area (Å²) in [6, 6.07) is 0.183. The molecule has 3 nitrogen and oxygen atoms in total. The van der Waals surface area contributed by atoms with E-state index in [1.807, 2.05) is 11.7 Å². The molecule has 0 aromatic carbocycles. The van der Waals surface area contributed by atoms with E-state index >= 15 is 0 Å². The van der Waals surface area contributed by atoms with Gasteiger partial charge in [0, 0.05) is 24.8 Å². The van der Waals surface area contributed by atoms with Crippen molar-refractivity contribution < 1.29 is 0 Å². The Morgan fingerprint density at radius 2 is 2.22 bits per heavy atom. The maximum absolute atomic E-state index is 6.52. The highest BCUT2D eigenvalue weighted by molar-refractivity contribution is 5.22. The zero-order valence-corrected chi connectivity index (χ0v) is 12.0. The van der Waals surface area contributed by atoms with Gasteiger partial charge in [0.2, 0.25) is 0 Å². The van der Waals surface area contributed by atoms with Crippen LogP contribution >= 0.6 is 0 Å². The molecule has 3 atom stereocenters. The molecule has 1 aliphatic rings. The summed E-state index contributed by atoms with van der Waals surface area (Å²) in [6.45, 7) is 4.47. The van der Waals surface area contributed by atoms with Crippen LogP contribution in [0.25, 0.3) is 0 Å². The molecule has 102 valence electrons. The summed E-state index contributed by atoms with van der Waals surface area (Å²) >= 11 is 0. The highest BCUT2D eigenvalue weighted by Crippen LogP contribution is 2.37. The molecule has 0 radical (unpaired) electrons. The summed E-state index contributed by atoms with van der Waals surface area (Å²) < 4.78 is 1.91. The fourth-order valence-electron chi connectivity index (χ4n) is 3.39. The van der Waals surface area contributed by atoms with Crippen LogP contribution < -0.4 is 5.73 Å². The average Bonchev–Trinajstić information content (AvgIpc) is 2.79. The Morgan fingerprint density at radius 3 is 2.89 bits per heavy atom. The molecule has 0 amide bonds. The van der Waals surface area contributed by atoms with Crippen LogP contribution in [0, 0.1) is 11.8 Å². The molecule has 3 unspecified atom stereocenters. The Labute approximate surface area is 111 Å². The maximum atomic E-state index is 6.52. The zero-order chi connectivity index (χ0) is 13.1. The molecular weight excluding hydrogens is 222 g/mol. The first-order chi connectivity index (χ1) is 8.65. The summed E-state index contributed by atoms with van der Waals surface area (Å²) in [5.41, 5.74) is 8.99. The van der Waals surface area contributed by atoms with Crippen molar-refractivity contribution in [3.63, 3.8) is 0 Å². The first-order valence-electron chi connectivity index (χ1n) is 7.43. The standard InChI is InChI=1S/C15H27N3/c1-4-11-7-6-8-12(9-11)15(16)13-10-18(3)17-14(13)5-2/h10-12,15H,4-9,16H2,1-3H3. The van der Waals surface area contributed by atoms with Crippen molar-refractivity contribution in [1.82, 2.24) is 9.78 Å². The molecule has 2 rings (SSSR count). The van der Waals surface area contributed by atoms with Gasteiger partial charge in [0.15, 0.2) is 0 Å². The Balaban J connectivity index is 2.12. The number of aromatic nitrogens is 2. The van der Waals surface area contributed by atoms with E-state index in [2.05, 4.69) is 25.1 Å². The van der Waals surface area contributed by atoms with Crippen LogP contribution in [0.1, 0.15) is 63.3 Å². The lowest BCUT2D eigenvalue weighted by atomic mass is 9.75. The zero-order valence-electron chi connectivity index (χ0n) is 12.0. The molecule has 1 aromatic heterocycles. The molecule has 1 heterocycles. The number of aryl methyl sites for hydroxylation is 2. The summed E-state index contributed by atoms with van der Waals surface area (Å²) in [6.07, 6.45) is 9.74. The van der Waals surface area contributed by atoms with Crippen molar-refractivity contribution in [2.24, 2.45) is 24.6 Å². The van der Waals surface area contributed by atoms with Gasteiger partial charge in [0.1, 0.15) is 0 Å². The predicted octanol–water partition coefficient (Wildman–Crippen LogP) is 3.20. The minimum atomic E-state index is 0.183. The van der Waals surface area contributed by atoms with Crippen LogP contribution in [0.15, 0.2) is 6.20 Å². The number of hydrogen-bond acceptors (Lipinski definition) is 2. The van der Waals surface area contributed by atoms with Gasteiger partial charge in [-0.15, -0.1) is 0 Å². The number of rotatable bonds is 4. The smallest absolute Gasteiger partial charge is 0.0669 e. The Kier molecular flexibility index (Phi) is 4.44. The molecule has 1 aromatic rings. The van der Waals surface area contributed by atoms with Gasteiger partial charge in [-0.1, -0.05) is 33.1 Å². The first-order valence-corrected chi connectivity index (χ1v) is 7.43. The fraction of sp³-hybridized carbons (Fsp3) is 0.800. The predicted molar refractivity (Wildman–Crippen MR) is 75.3 cm³/mol. The Hall–Kier alpha value is -0.830. The molecule has 1 saturated carbocycles. The molecule has 2 N–H and O–H groups in total. The van der Waals surface area contributed by atoms with Crippen LogP contribution in [-0.2, 0) is 13.5 Å². The minimum absolute atomic E-state index is 0.183. The third-order valence-corrected chi connectivity index (χ3v) is 4.54. The summed E-state index contributed by atoms with van der Waals surface area (Å²) in [5.74, 6) is 1.54. The second kappa shape index (κ2) is 5.87. The van der Waals surface area contributed by atoms with Crippen molar-refractivity contribution >= 4 is 0 Å².